The fourth-order valence-corrected chi connectivity index (χ4v) is 2.56. The predicted molar refractivity (Wildman–Crippen MR) is 69.9 cm³/mol. The molecule has 0 radical (unpaired) electrons. The number of halogens is 18. The molecule has 2 heterocycles. The summed E-state index contributed by atoms with van der Waals surface area (Å²) in [5.74, 6) is -44.1. The lowest BCUT2D eigenvalue weighted by molar-refractivity contribution is -0.424. The van der Waals surface area contributed by atoms with Crippen molar-refractivity contribution in [1.82, 2.24) is 0 Å². The number of rotatable bonds is 10. The molecule has 21 heteroatoms. The maximum Gasteiger partial charge on any atom is 0.460 e. The molecule has 2 fully saturated rings. The molecule has 0 aliphatic carbocycles. The summed E-state index contributed by atoms with van der Waals surface area (Å²) >= 11 is 0. The van der Waals surface area contributed by atoms with Gasteiger partial charge in [0.05, 0.1) is 13.2 Å². The van der Waals surface area contributed by atoms with Crippen LogP contribution in [-0.2, 0) is 14.2 Å². The summed E-state index contributed by atoms with van der Waals surface area (Å²) in [7, 11) is 0. The predicted octanol–water partition coefficient (Wildman–Crippen LogP) is 5.47. The highest BCUT2D eigenvalue weighted by Crippen LogP contribution is 2.58. The van der Waals surface area contributed by atoms with Gasteiger partial charge in [0.2, 0.25) is 0 Å². The van der Waals surface area contributed by atoms with E-state index in [1.807, 2.05) is 0 Å². The van der Waals surface area contributed by atoms with Crippen molar-refractivity contribution in [3.63, 3.8) is 0 Å². The Morgan fingerprint density at radius 3 is 0.857 bits per heavy atom. The third-order valence-electron chi connectivity index (χ3n) is 4.74. The third-order valence-corrected chi connectivity index (χ3v) is 4.74. The molecule has 2 aliphatic heterocycles. The van der Waals surface area contributed by atoms with Gasteiger partial charge in [-0.05, 0) is 0 Å². The Hall–Kier alpha value is -1.38. The van der Waals surface area contributed by atoms with Crippen LogP contribution >= 0.6 is 0 Å². The van der Waals surface area contributed by atoms with E-state index in [0.29, 0.717) is 0 Å². The van der Waals surface area contributed by atoms with Crippen LogP contribution in [0.3, 0.4) is 0 Å². The lowest BCUT2D eigenvalue weighted by atomic mass is 9.94. The van der Waals surface area contributed by atoms with Gasteiger partial charge in [-0.3, -0.25) is 0 Å². The Labute approximate surface area is 180 Å². The molecule has 0 aromatic rings. The van der Waals surface area contributed by atoms with Crippen molar-refractivity contribution in [1.29, 1.82) is 0 Å². The number of hydrogen-bond donors (Lipinski definition) is 0. The zero-order valence-electron chi connectivity index (χ0n) is 15.8. The quantitative estimate of drug-likeness (QED) is 0.260. The van der Waals surface area contributed by atoms with Crippen LogP contribution in [0.15, 0.2) is 0 Å². The molecule has 35 heavy (non-hydrogen) atoms. The number of alkyl halides is 18. The molecule has 4 unspecified atom stereocenters. The normalized spacial score (nSPS) is 24.9. The van der Waals surface area contributed by atoms with Crippen LogP contribution in [0.1, 0.15) is 0 Å². The number of hydrogen-bond acceptors (Lipinski definition) is 3. The smallest absolute Gasteiger partial charge is 0.370 e. The highest BCUT2D eigenvalue weighted by atomic mass is 19.4. The van der Waals surface area contributed by atoms with Gasteiger partial charge in [-0.15, -0.1) is 0 Å². The van der Waals surface area contributed by atoms with E-state index < -0.39 is 85.5 Å². The van der Waals surface area contributed by atoms with Crippen molar-refractivity contribution >= 4 is 0 Å². The van der Waals surface area contributed by atoms with Crippen LogP contribution in [0, 0.1) is 0 Å². The maximum atomic E-state index is 14.2. The van der Waals surface area contributed by atoms with Crippen LogP contribution in [0.2, 0.25) is 0 Å². The summed E-state index contributed by atoms with van der Waals surface area (Å²) in [6.45, 7) is -2.63. The van der Waals surface area contributed by atoms with Gasteiger partial charge in [0.25, 0.3) is 0 Å². The van der Waals surface area contributed by atoms with Crippen molar-refractivity contribution in [2.45, 2.75) is 72.3 Å². The molecule has 0 spiro atoms. The molecule has 3 nitrogen and oxygen atoms in total. The van der Waals surface area contributed by atoms with Gasteiger partial charge in [-0.1, -0.05) is 0 Å². The van der Waals surface area contributed by atoms with E-state index in [1.165, 1.54) is 0 Å². The first-order chi connectivity index (χ1) is 15.2. The summed E-state index contributed by atoms with van der Waals surface area (Å²) in [4.78, 5) is 0. The molecule has 4 atom stereocenters. The van der Waals surface area contributed by atoms with E-state index >= 15 is 0 Å². The molecular weight excluding hydrogens is 558 g/mol. The molecule has 0 saturated carbocycles. The second-order valence-electron chi connectivity index (χ2n) is 7.26. The standard InChI is InChI=1S/C14H8F18O3/c15-7(16,9(19,20)11(23,24)13(27,28)29)5(3-1-33-3)35-6(4-2-34-4)8(17,18)10(21,22)12(25,26)14(30,31)32/h3-6H,1-2H2. The van der Waals surface area contributed by atoms with Crippen molar-refractivity contribution in [3.05, 3.63) is 0 Å². The Kier molecular flexibility index (Phi) is 6.87. The Balaban J connectivity index is 2.53. The first kappa shape index (κ1) is 29.8. The minimum atomic E-state index is -7.61. The van der Waals surface area contributed by atoms with E-state index in [1.54, 1.807) is 0 Å². The van der Waals surface area contributed by atoms with Crippen LogP contribution in [0.5, 0.6) is 0 Å². The van der Waals surface area contributed by atoms with Crippen LogP contribution in [0.4, 0.5) is 79.0 Å². The summed E-state index contributed by atoms with van der Waals surface area (Å²) in [6, 6.07) is 0. The average molecular weight is 566 g/mol. The van der Waals surface area contributed by atoms with Gasteiger partial charge in [-0.25, -0.2) is 0 Å². The maximum absolute atomic E-state index is 14.2. The molecule has 0 N–H and O–H groups in total. The molecule has 208 valence electrons. The molecule has 0 bridgehead atoms. The van der Waals surface area contributed by atoms with Crippen molar-refractivity contribution in [2.24, 2.45) is 0 Å². The Bertz CT molecular complexity index is 714. The molecule has 2 rings (SSSR count). The zero-order chi connectivity index (χ0) is 27.8. The van der Waals surface area contributed by atoms with Crippen LogP contribution < -0.4 is 0 Å². The molecule has 0 aromatic heterocycles. The van der Waals surface area contributed by atoms with E-state index in [-0.39, 0.29) is 0 Å². The minimum absolute atomic E-state index is 1.31. The van der Waals surface area contributed by atoms with Crippen LogP contribution in [0.25, 0.3) is 0 Å². The van der Waals surface area contributed by atoms with E-state index in [4.69, 9.17) is 0 Å². The van der Waals surface area contributed by atoms with Crippen molar-refractivity contribution < 1.29 is 93.2 Å². The Morgan fingerprint density at radius 2 is 0.686 bits per heavy atom. The fourth-order valence-electron chi connectivity index (χ4n) is 2.56. The first-order valence-corrected chi connectivity index (χ1v) is 8.48. The average Bonchev–Trinajstić information content (AvgIpc) is 3.53. The molecule has 0 aromatic carbocycles. The van der Waals surface area contributed by atoms with Crippen molar-refractivity contribution in [2.75, 3.05) is 13.2 Å². The highest BCUT2D eigenvalue weighted by molar-refractivity contribution is 5.11. The first-order valence-electron chi connectivity index (χ1n) is 8.48. The van der Waals surface area contributed by atoms with Gasteiger partial charge < -0.3 is 14.2 Å². The monoisotopic (exact) mass is 566 g/mol. The lowest BCUT2D eigenvalue weighted by Crippen LogP contribution is -2.69. The minimum Gasteiger partial charge on any atom is -0.370 e. The van der Waals surface area contributed by atoms with Gasteiger partial charge in [0.15, 0.2) is 12.2 Å². The molecular formula is C14H8F18O3. The van der Waals surface area contributed by atoms with Crippen LogP contribution in [-0.4, -0.2) is 85.5 Å². The zero-order valence-corrected chi connectivity index (χ0v) is 15.8. The van der Waals surface area contributed by atoms with Gasteiger partial charge in [-0.2, -0.15) is 79.0 Å². The lowest BCUT2D eigenvalue weighted by Gasteiger charge is -2.41. The second kappa shape index (κ2) is 8.06. The summed E-state index contributed by atoms with van der Waals surface area (Å²) < 4.78 is 249. The topological polar surface area (TPSA) is 34.3 Å². The molecule has 2 aliphatic rings. The summed E-state index contributed by atoms with van der Waals surface area (Å²) in [5.41, 5.74) is 0. The highest BCUT2D eigenvalue weighted by Gasteiger charge is 2.87. The third kappa shape index (κ3) is 4.48. The van der Waals surface area contributed by atoms with E-state index in [2.05, 4.69) is 14.2 Å². The van der Waals surface area contributed by atoms with E-state index in [0.717, 1.165) is 0 Å². The summed E-state index contributed by atoms with van der Waals surface area (Å²) in [6.07, 6.45) is -29.1. The fraction of sp³-hybridized carbons (Fsp3) is 1.00. The van der Waals surface area contributed by atoms with Gasteiger partial charge in [0.1, 0.15) is 12.2 Å². The molecule has 0 amide bonds. The van der Waals surface area contributed by atoms with E-state index in [9.17, 15) is 79.0 Å². The SMILES string of the molecule is FC(F)(F)C(F)(F)C(F)(F)C(F)(F)C(OC(C1CO1)C(F)(F)C(F)(F)C(F)(F)C(F)(F)F)C1CO1. The van der Waals surface area contributed by atoms with Gasteiger partial charge in [0, 0.05) is 0 Å². The second-order valence-corrected chi connectivity index (χ2v) is 7.26. The summed E-state index contributed by atoms with van der Waals surface area (Å²) in [5, 5.41) is 0. The number of ether oxygens (including phenoxy) is 3. The molecule has 2 saturated heterocycles. The van der Waals surface area contributed by atoms with Crippen molar-refractivity contribution in [3.8, 4) is 0 Å². The largest absolute Gasteiger partial charge is 0.460 e. The van der Waals surface area contributed by atoms with Gasteiger partial charge >= 0.3 is 47.9 Å². The Morgan fingerprint density at radius 1 is 0.457 bits per heavy atom. The number of epoxide rings is 2.